The number of hydrogen-bond acceptors (Lipinski definition) is 2. The zero-order chi connectivity index (χ0) is 13.5. The molecule has 1 aliphatic carbocycles. The first-order valence-corrected chi connectivity index (χ1v) is 7.61. The van der Waals surface area contributed by atoms with Gasteiger partial charge in [0.15, 0.2) is 0 Å². The summed E-state index contributed by atoms with van der Waals surface area (Å²) in [6, 6.07) is 11.5. The van der Waals surface area contributed by atoms with Crippen molar-refractivity contribution >= 4 is 0 Å². The molecule has 1 saturated carbocycles. The average Bonchev–Trinajstić information content (AvgIpc) is 2.43. The van der Waals surface area contributed by atoms with Crippen molar-refractivity contribution in [2.24, 2.45) is 5.92 Å². The Labute approximate surface area is 117 Å². The van der Waals surface area contributed by atoms with Crippen LogP contribution in [0, 0.1) is 5.92 Å². The van der Waals surface area contributed by atoms with Gasteiger partial charge in [0.05, 0.1) is 13.2 Å². The van der Waals surface area contributed by atoms with Gasteiger partial charge in [0.2, 0.25) is 0 Å². The van der Waals surface area contributed by atoms with E-state index in [-0.39, 0.29) is 0 Å². The molecule has 1 N–H and O–H groups in total. The average molecular weight is 261 g/mol. The molecule has 19 heavy (non-hydrogen) atoms. The molecule has 0 heterocycles. The predicted octanol–water partition coefficient (Wildman–Crippen LogP) is 3.76. The summed E-state index contributed by atoms with van der Waals surface area (Å²) in [4.78, 5) is 0. The Hall–Kier alpha value is -0.860. The highest BCUT2D eigenvalue weighted by Crippen LogP contribution is 2.23. The van der Waals surface area contributed by atoms with Crippen LogP contribution in [0.1, 0.15) is 45.1 Å². The minimum atomic E-state index is 0.446. The van der Waals surface area contributed by atoms with Gasteiger partial charge in [-0.05, 0) is 44.1 Å². The molecule has 0 spiro atoms. The third kappa shape index (κ3) is 5.33. The first kappa shape index (κ1) is 14.5. The van der Waals surface area contributed by atoms with Crippen molar-refractivity contribution in [3.05, 3.63) is 35.9 Å². The Bertz CT molecular complexity index is 344. The molecule has 0 amide bonds. The predicted molar refractivity (Wildman–Crippen MR) is 80.1 cm³/mol. The summed E-state index contributed by atoms with van der Waals surface area (Å²) in [5.41, 5.74) is 1.25. The van der Waals surface area contributed by atoms with E-state index in [0.29, 0.717) is 18.7 Å². The van der Waals surface area contributed by atoms with Crippen LogP contribution in [0.5, 0.6) is 0 Å². The van der Waals surface area contributed by atoms with Crippen molar-refractivity contribution in [3.63, 3.8) is 0 Å². The number of ether oxygens (including phenoxy) is 1. The Morgan fingerprint density at radius 2 is 1.84 bits per heavy atom. The molecule has 1 atom stereocenters. The molecule has 2 heteroatoms. The van der Waals surface area contributed by atoms with Crippen molar-refractivity contribution in [2.45, 2.75) is 58.2 Å². The third-order valence-electron chi connectivity index (χ3n) is 4.02. The maximum absolute atomic E-state index is 5.78. The monoisotopic (exact) mass is 261 g/mol. The van der Waals surface area contributed by atoms with Gasteiger partial charge in [-0.25, -0.2) is 0 Å². The van der Waals surface area contributed by atoms with Crippen molar-refractivity contribution in [1.82, 2.24) is 5.32 Å². The van der Waals surface area contributed by atoms with Crippen molar-refractivity contribution in [2.75, 3.05) is 6.61 Å². The SMILES string of the molecule is CC(COCc1ccccc1)N[C@H]1CC[C@H](C)CC1. The van der Waals surface area contributed by atoms with Crippen LogP contribution in [0.2, 0.25) is 0 Å². The summed E-state index contributed by atoms with van der Waals surface area (Å²) in [5, 5.41) is 3.70. The first-order valence-electron chi connectivity index (χ1n) is 7.61. The van der Waals surface area contributed by atoms with E-state index >= 15 is 0 Å². The van der Waals surface area contributed by atoms with E-state index in [1.807, 2.05) is 6.07 Å². The molecule has 106 valence electrons. The molecule has 1 aromatic rings. The van der Waals surface area contributed by atoms with Crippen molar-refractivity contribution in [1.29, 1.82) is 0 Å². The van der Waals surface area contributed by atoms with Gasteiger partial charge in [-0.15, -0.1) is 0 Å². The van der Waals surface area contributed by atoms with Crippen molar-refractivity contribution in [3.8, 4) is 0 Å². The van der Waals surface area contributed by atoms with Crippen molar-refractivity contribution < 1.29 is 4.74 Å². The molecule has 1 fully saturated rings. The highest BCUT2D eigenvalue weighted by Gasteiger charge is 2.19. The van der Waals surface area contributed by atoms with E-state index < -0.39 is 0 Å². The fraction of sp³-hybridized carbons (Fsp3) is 0.647. The lowest BCUT2D eigenvalue weighted by molar-refractivity contribution is 0.0965. The van der Waals surface area contributed by atoms with Crippen LogP contribution in [0.25, 0.3) is 0 Å². The maximum atomic E-state index is 5.78. The Morgan fingerprint density at radius 3 is 2.53 bits per heavy atom. The largest absolute Gasteiger partial charge is 0.375 e. The highest BCUT2D eigenvalue weighted by molar-refractivity contribution is 5.13. The van der Waals surface area contributed by atoms with Gasteiger partial charge in [0.1, 0.15) is 0 Å². The van der Waals surface area contributed by atoms with Gasteiger partial charge in [-0.2, -0.15) is 0 Å². The van der Waals surface area contributed by atoms with E-state index in [2.05, 4.69) is 43.4 Å². The molecule has 1 aromatic carbocycles. The molecule has 0 aromatic heterocycles. The fourth-order valence-corrected chi connectivity index (χ4v) is 2.81. The second-order valence-corrected chi connectivity index (χ2v) is 6.03. The van der Waals surface area contributed by atoms with Gasteiger partial charge >= 0.3 is 0 Å². The van der Waals surface area contributed by atoms with Crippen LogP contribution in [-0.4, -0.2) is 18.7 Å². The molecule has 2 rings (SSSR count). The number of benzene rings is 1. The number of nitrogens with one attached hydrogen (secondary N) is 1. The minimum absolute atomic E-state index is 0.446. The summed E-state index contributed by atoms with van der Waals surface area (Å²) in [6.45, 7) is 6.10. The molecular formula is C17H27NO. The molecule has 2 nitrogen and oxygen atoms in total. The van der Waals surface area contributed by atoms with E-state index in [1.165, 1.54) is 31.2 Å². The van der Waals surface area contributed by atoms with Gasteiger partial charge < -0.3 is 10.1 Å². The van der Waals surface area contributed by atoms with E-state index in [4.69, 9.17) is 4.74 Å². The molecule has 0 saturated heterocycles. The van der Waals surface area contributed by atoms with Gasteiger partial charge in [-0.3, -0.25) is 0 Å². The van der Waals surface area contributed by atoms with Gasteiger partial charge in [-0.1, -0.05) is 37.3 Å². The Kier molecular flexibility index (Phi) is 5.87. The first-order chi connectivity index (χ1) is 9.24. The summed E-state index contributed by atoms with van der Waals surface area (Å²) >= 11 is 0. The Balaban J connectivity index is 1.61. The molecule has 0 radical (unpaired) electrons. The van der Waals surface area contributed by atoms with Gasteiger partial charge in [0.25, 0.3) is 0 Å². The summed E-state index contributed by atoms with van der Waals surface area (Å²) in [6.07, 6.45) is 5.39. The minimum Gasteiger partial charge on any atom is -0.375 e. The molecule has 1 unspecified atom stereocenters. The lowest BCUT2D eigenvalue weighted by Crippen LogP contribution is -2.41. The number of rotatable bonds is 6. The fourth-order valence-electron chi connectivity index (χ4n) is 2.81. The van der Waals surface area contributed by atoms with E-state index in [9.17, 15) is 0 Å². The smallest absolute Gasteiger partial charge is 0.0717 e. The second-order valence-electron chi connectivity index (χ2n) is 6.03. The molecule has 1 aliphatic rings. The Morgan fingerprint density at radius 1 is 1.16 bits per heavy atom. The van der Waals surface area contributed by atoms with Crippen LogP contribution < -0.4 is 5.32 Å². The van der Waals surface area contributed by atoms with E-state index in [1.54, 1.807) is 0 Å². The molecule has 0 bridgehead atoms. The summed E-state index contributed by atoms with van der Waals surface area (Å²) < 4.78 is 5.78. The van der Waals surface area contributed by atoms with Crippen LogP contribution in [0.4, 0.5) is 0 Å². The lowest BCUT2D eigenvalue weighted by atomic mass is 9.87. The zero-order valence-corrected chi connectivity index (χ0v) is 12.3. The lowest BCUT2D eigenvalue weighted by Gasteiger charge is -2.29. The molecular weight excluding hydrogens is 234 g/mol. The summed E-state index contributed by atoms with van der Waals surface area (Å²) in [7, 11) is 0. The van der Waals surface area contributed by atoms with E-state index in [0.717, 1.165) is 12.5 Å². The summed E-state index contributed by atoms with van der Waals surface area (Å²) in [5.74, 6) is 0.919. The number of hydrogen-bond donors (Lipinski definition) is 1. The van der Waals surface area contributed by atoms with Gasteiger partial charge in [0, 0.05) is 12.1 Å². The molecule has 0 aliphatic heterocycles. The standard InChI is InChI=1S/C17H27NO/c1-14-8-10-17(11-9-14)18-15(2)12-19-13-16-6-4-3-5-7-16/h3-7,14-15,17-18H,8-13H2,1-2H3/t14-,15?,17-. The maximum Gasteiger partial charge on any atom is 0.0717 e. The topological polar surface area (TPSA) is 21.3 Å². The van der Waals surface area contributed by atoms with Crippen LogP contribution in [-0.2, 0) is 11.3 Å². The van der Waals surface area contributed by atoms with Crippen LogP contribution in [0.3, 0.4) is 0 Å². The van der Waals surface area contributed by atoms with Crippen LogP contribution in [0.15, 0.2) is 30.3 Å². The quantitative estimate of drug-likeness (QED) is 0.842. The normalized spacial score (nSPS) is 25.2. The third-order valence-corrected chi connectivity index (χ3v) is 4.02. The van der Waals surface area contributed by atoms with Crippen LogP contribution >= 0.6 is 0 Å². The second kappa shape index (κ2) is 7.66. The zero-order valence-electron chi connectivity index (χ0n) is 12.3. The highest BCUT2D eigenvalue weighted by atomic mass is 16.5.